The number of amides is 1. The number of hydrogen-bond donors (Lipinski definition) is 0. The van der Waals surface area contributed by atoms with E-state index in [9.17, 15) is 4.79 Å². The van der Waals surface area contributed by atoms with Crippen molar-refractivity contribution in [1.29, 1.82) is 0 Å². The minimum Gasteiger partial charge on any atom is -0.459 e. The van der Waals surface area contributed by atoms with Gasteiger partial charge in [-0.3, -0.25) is 4.79 Å². The van der Waals surface area contributed by atoms with E-state index in [0.29, 0.717) is 11.8 Å². The first-order valence-corrected chi connectivity index (χ1v) is 5.85. The van der Waals surface area contributed by atoms with Crippen molar-refractivity contribution in [3.05, 3.63) is 24.2 Å². The molecule has 14 heavy (non-hydrogen) atoms. The maximum absolute atomic E-state index is 11.9. The second kappa shape index (κ2) is 4.17. The highest BCUT2D eigenvalue weighted by Gasteiger charge is 2.29. The van der Waals surface area contributed by atoms with E-state index in [0.717, 1.165) is 24.7 Å². The molecule has 1 atom stereocenters. The van der Waals surface area contributed by atoms with E-state index >= 15 is 0 Å². The van der Waals surface area contributed by atoms with Gasteiger partial charge >= 0.3 is 0 Å². The van der Waals surface area contributed by atoms with Gasteiger partial charge < -0.3 is 9.32 Å². The van der Waals surface area contributed by atoms with Gasteiger partial charge in [0.25, 0.3) is 5.91 Å². The second-order valence-corrected chi connectivity index (χ2v) is 4.07. The summed E-state index contributed by atoms with van der Waals surface area (Å²) in [5, 5.41) is 0.847. The molecule has 2 heterocycles. The van der Waals surface area contributed by atoms with E-state index in [1.807, 2.05) is 4.90 Å². The maximum atomic E-state index is 11.9. The van der Waals surface area contributed by atoms with Crippen LogP contribution in [0.2, 0.25) is 0 Å². The van der Waals surface area contributed by atoms with Crippen LogP contribution in [0.15, 0.2) is 22.8 Å². The molecule has 0 aliphatic carbocycles. The number of likely N-dealkylation sites (tertiary alicyclic amines) is 1. The molecule has 0 N–H and O–H groups in total. The van der Waals surface area contributed by atoms with Crippen LogP contribution in [0.25, 0.3) is 0 Å². The number of furan rings is 1. The van der Waals surface area contributed by atoms with E-state index in [1.54, 1.807) is 12.1 Å². The lowest BCUT2D eigenvalue weighted by Crippen LogP contribution is -2.36. The third kappa shape index (κ3) is 1.71. The van der Waals surface area contributed by atoms with Gasteiger partial charge in [-0.15, -0.1) is 0 Å². The van der Waals surface area contributed by atoms with Crippen LogP contribution in [0, 0.1) is 0 Å². The van der Waals surface area contributed by atoms with Gasteiger partial charge in [0.2, 0.25) is 0 Å². The molecule has 1 saturated heterocycles. The lowest BCUT2D eigenvalue weighted by molar-refractivity contribution is 0.0718. The molecule has 1 amide bonds. The molecule has 1 fully saturated rings. The van der Waals surface area contributed by atoms with Crippen molar-refractivity contribution >= 4 is 21.8 Å². The van der Waals surface area contributed by atoms with E-state index < -0.39 is 0 Å². The second-order valence-electron chi connectivity index (χ2n) is 3.43. The molecule has 0 unspecified atom stereocenters. The van der Waals surface area contributed by atoms with Crippen LogP contribution >= 0.6 is 15.9 Å². The number of alkyl halides is 1. The average molecular weight is 258 g/mol. The monoisotopic (exact) mass is 257 g/mol. The van der Waals surface area contributed by atoms with Gasteiger partial charge in [0.05, 0.1) is 6.26 Å². The Kier molecular flexibility index (Phi) is 2.91. The van der Waals surface area contributed by atoms with Crippen molar-refractivity contribution in [2.75, 3.05) is 11.9 Å². The predicted octanol–water partition coefficient (Wildman–Crippen LogP) is 2.28. The molecular weight excluding hydrogens is 246 g/mol. The summed E-state index contributed by atoms with van der Waals surface area (Å²) < 4.78 is 5.09. The van der Waals surface area contributed by atoms with Crippen LogP contribution in [-0.2, 0) is 0 Å². The summed E-state index contributed by atoms with van der Waals surface area (Å²) in [5.41, 5.74) is 0. The van der Waals surface area contributed by atoms with Gasteiger partial charge in [-0.25, -0.2) is 0 Å². The summed E-state index contributed by atoms with van der Waals surface area (Å²) in [6.45, 7) is 0.843. The van der Waals surface area contributed by atoms with E-state index in [-0.39, 0.29) is 5.91 Å². The van der Waals surface area contributed by atoms with Crippen LogP contribution in [0.3, 0.4) is 0 Å². The molecule has 1 aliphatic rings. The maximum Gasteiger partial charge on any atom is 0.289 e. The quantitative estimate of drug-likeness (QED) is 0.762. The van der Waals surface area contributed by atoms with E-state index in [1.165, 1.54) is 6.26 Å². The summed E-state index contributed by atoms with van der Waals surface area (Å²) in [6.07, 6.45) is 3.70. The lowest BCUT2D eigenvalue weighted by atomic mass is 10.2. The van der Waals surface area contributed by atoms with Gasteiger partial charge in [-0.1, -0.05) is 15.9 Å². The number of hydrogen-bond acceptors (Lipinski definition) is 2. The zero-order valence-electron chi connectivity index (χ0n) is 7.78. The largest absolute Gasteiger partial charge is 0.459 e. The van der Waals surface area contributed by atoms with Crippen molar-refractivity contribution in [3.63, 3.8) is 0 Å². The minimum absolute atomic E-state index is 0.0111. The molecule has 2 rings (SSSR count). The summed E-state index contributed by atoms with van der Waals surface area (Å²) in [4.78, 5) is 13.8. The number of rotatable bonds is 2. The van der Waals surface area contributed by atoms with Crippen LogP contribution in [0.4, 0.5) is 0 Å². The topological polar surface area (TPSA) is 33.5 Å². The highest BCUT2D eigenvalue weighted by Crippen LogP contribution is 2.21. The van der Waals surface area contributed by atoms with Crippen molar-refractivity contribution in [2.45, 2.75) is 18.9 Å². The van der Waals surface area contributed by atoms with Crippen molar-refractivity contribution < 1.29 is 9.21 Å². The number of carbonyl (C=O) groups excluding carboxylic acids is 1. The molecule has 0 bridgehead atoms. The fourth-order valence-corrected chi connectivity index (χ4v) is 2.48. The summed E-state index contributed by atoms with van der Waals surface area (Å²) in [6, 6.07) is 3.78. The summed E-state index contributed by atoms with van der Waals surface area (Å²) in [5.74, 6) is 0.454. The molecule has 1 aromatic heterocycles. The average Bonchev–Trinajstić information content (AvgIpc) is 2.87. The molecule has 0 saturated carbocycles. The van der Waals surface area contributed by atoms with Crippen LogP contribution in [-0.4, -0.2) is 28.7 Å². The molecule has 4 heteroatoms. The van der Waals surface area contributed by atoms with Gasteiger partial charge in [0, 0.05) is 17.9 Å². The molecular formula is C10H12BrNO2. The Labute approximate surface area is 91.2 Å². The normalized spacial score (nSPS) is 21.5. The number of carbonyl (C=O) groups is 1. The Morgan fingerprint density at radius 3 is 3.21 bits per heavy atom. The molecule has 76 valence electrons. The zero-order chi connectivity index (χ0) is 9.97. The highest BCUT2D eigenvalue weighted by molar-refractivity contribution is 9.09. The predicted molar refractivity (Wildman–Crippen MR) is 56.6 cm³/mol. The van der Waals surface area contributed by atoms with Gasteiger partial charge in [-0.2, -0.15) is 0 Å². The third-order valence-corrected chi connectivity index (χ3v) is 3.30. The number of nitrogens with zero attached hydrogens (tertiary/aromatic N) is 1. The molecule has 1 aromatic rings. The minimum atomic E-state index is 0.0111. The molecule has 0 spiro atoms. The molecule has 0 aromatic carbocycles. The fraction of sp³-hybridized carbons (Fsp3) is 0.500. The highest BCUT2D eigenvalue weighted by atomic mass is 79.9. The van der Waals surface area contributed by atoms with Gasteiger partial charge in [0.1, 0.15) is 0 Å². The Morgan fingerprint density at radius 1 is 1.71 bits per heavy atom. The van der Waals surface area contributed by atoms with Gasteiger partial charge in [-0.05, 0) is 25.0 Å². The van der Waals surface area contributed by atoms with Crippen molar-refractivity contribution in [3.8, 4) is 0 Å². The summed E-state index contributed by atoms with van der Waals surface area (Å²) in [7, 11) is 0. The molecule has 3 nitrogen and oxygen atoms in total. The van der Waals surface area contributed by atoms with Crippen LogP contribution in [0.1, 0.15) is 23.4 Å². The lowest BCUT2D eigenvalue weighted by Gasteiger charge is -2.21. The zero-order valence-corrected chi connectivity index (χ0v) is 9.37. The smallest absolute Gasteiger partial charge is 0.289 e. The SMILES string of the molecule is O=C(c1ccco1)N1CCC[C@H]1CBr. The van der Waals surface area contributed by atoms with Crippen molar-refractivity contribution in [1.82, 2.24) is 4.90 Å². The van der Waals surface area contributed by atoms with Gasteiger partial charge in [0.15, 0.2) is 5.76 Å². The van der Waals surface area contributed by atoms with Crippen LogP contribution in [0.5, 0.6) is 0 Å². The Hall–Kier alpha value is -0.770. The number of halogens is 1. The van der Waals surface area contributed by atoms with Crippen LogP contribution < -0.4 is 0 Å². The fourth-order valence-electron chi connectivity index (χ4n) is 1.81. The Morgan fingerprint density at radius 2 is 2.57 bits per heavy atom. The first-order chi connectivity index (χ1) is 6.83. The standard InChI is InChI=1S/C10H12BrNO2/c11-7-8-3-1-5-12(8)10(13)9-4-2-6-14-9/h2,4,6,8H,1,3,5,7H2/t8-/m0/s1. The van der Waals surface area contributed by atoms with E-state index in [2.05, 4.69) is 15.9 Å². The molecule has 1 aliphatic heterocycles. The summed E-state index contributed by atoms with van der Waals surface area (Å²) >= 11 is 3.42. The van der Waals surface area contributed by atoms with Crippen molar-refractivity contribution in [2.24, 2.45) is 0 Å². The third-order valence-electron chi connectivity index (χ3n) is 2.55. The Balaban J connectivity index is 2.11. The molecule has 0 radical (unpaired) electrons. The van der Waals surface area contributed by atoms with E-state index in [4.69, 9.17) is 4.42 Å². The first-order valence-electron chi connectivity index (χ1n) is 4.73. The Bertz CT molecular complexity index is 310. The first kappa shape index (κ1) is 9.77.